The van der Waals surface area contributed by atoms with Crippen LogP contribution in [0.3, 0.4) is 0 Å². The average Bonchev–Trinajstić information content (AvgIpc) is 2.82. The second-order valence-electron chi connectivity index (χ2n) is 8.91. The number of piperidine rings is 1. The van der Waals surface area contributed by atoms with Gasteiger partial charge in [0.25, 0.3) is 0 Å². The minimum Gasteiger partial charge on any atom is -0.474 e. The van der Waals surface area contributed by atoms with Crippen molar-refractivity contribution in [2.75, 3.05) is 44.5 Å². The Bertz CT molecular complexity index is 1190. The summed E-state index contributed by atoms with van der Waals surface area (Å²) in [6.07, 6.45) is 2.35. The van der Waals surface area contributed by atoms with Gasteiger partial charge in [-0.3, -0.25) is 0 Å². The van der Waals surface area contributed by atoms with Gasteiger partial charge in [-0.25, -0.2) is 27.6 Å². The predicted octanol–water partition coefficient (Wildman–Crippen LogP) is 3.43. The number of hydroxylamine groups is 2. The molecule has 0 N–H and O–H groups in total. The molecule has 1 saturated heterocycles. The standard InChI is InChI=1S/C24H33FN4O7S/c1-16(2)34-24(30)36-28-10-8-18(9-11-28)35-23-17(3)22(26-15-27-23)29(12-13-33-4)21-7-6-19(14-20(21)25)37(5,31)32/h6-7,14-16,18H,8-13H2,1-5H3. The van der Waals surface area contributed by atoms with E-state index in [1.807, 2.05) is 0 Å². The van der Waals surface area contributed by atoms with Crippen molar-refractivity contribution in [1.29, 1.82) is 0 Å². The van der Waals surface area contributed by atoms with Crippen LogP contribution in [0.2, 0.25) is 0 Å². The number of nitrogens with zero attached hydrogens (tertiary/aromatic N) is 4. The van der Waals surface area contributed by atoms with Crippen LogP contribution in [0, 0.1) is 12.7 Å². The zero-order valence-corrected chi connectivity index (χ0v) is 22.5. The molecule has 204 valence electrons. The lowest BCUT2D eigenvalue weighted by Gasteiger charge is -2.31. The molecule has 0 aliphatic carbocycles. The van der Waals surface area contributed by atoms with Gasteiger partial charge in [-0.1, -0.05) is 0 Å². The fourth-order valence-corrected chi connectivity index (χ4v) is 4.43. The Hall–Kier alpha value is -3.03. The molecule has 2 heterocycles. The zero-order chi connectivity index (χ0) is 27.2. The smallest absolute Gasteiger partial charge is 0.474 e. The van der Waals surface area contributed by atoms with Crippen LogP contribution in [0.4, 0.5) is 20.7 Å². The van der Waals surface area contributed by atoms with Gasteiger partial charge in [-0.2, -0.15) is 0 Å². The number of hydrogen-bond donors (Lipinski definition) is 0. The van der Waals surface area contributed by atoms with E-state index in [4.69, 9.17) is 19.0 Å². The molecule has 2 aromatic rings. The molecule has 3 rings (SSSR count). The van der Waals surface area contributed by atoms with Crippen molar-refractivity contribution in [1.82, 2.24) is 15.0 Å². The number of carbonyl (C=O) groups is 1. The van der Waals surface area contributed by atoms with Crippen molar-refractivity contribution in [3.63, 3.8) is 0 Å². The maximum Gasteiger partial charge on any atom is 0.528 e. The topological polar surface area (TPSA) is 120 Å². The quantitative estimate of drug-likeness (QED) is 0.412. The molecule has 0 saturated carbocycles. The summed E-state index contributed by atoms with van der Waals surface area (Å²) >= 11 is 0. The Morgan fingerprint density at radius 2 is 1.95 bits per heavy atom. The number of methoxy groups -OCH3 is 1. The Morgan fingerprint density at radius 1 is 1.24 bits per heavy atom. The summed E-state index contributed by atoms with van der Waals surface area (Å²) in [7, 11) is -2.03. The monoisotopic (exact) mass is 540 g/mol. The molecule has 11 nitrogen and oxygen atoms in total. The van der Waals surface area contributed by atoms with E-state index in [1.165, 1.54) is 30.6 Å². The molecule has 1 aliphatic heterocycles. The van der Waals surface area contributed by atoms with Crippen molar-refractivity contribution in [3.8, 4) is 5.88 Å². The van der Waals surface area contributed by atoms with Gasteiger partial charge < -0.3 is 23.9 Å². The second kappa shape index (κ2) is 12.5. The highest BCUT2D eigenvalue weighted by atomic mass is 32.2. The molecule has 1 aliphatic rings. The highest BCUT2D eigenvalue weighted by molar-refractivity contribution is 7.90. The number of ether oxygens (including phenoxy) is 3. The van der Waals surface area contributed by atoms with E-state index >= 15 is 4.39 Å². The van der Waals surface area contributed by atoms with E-state index in [9.17, 15) is 13.2 Å². The van der Waals surface area contributed by atoms with Gasteiger partial charge in [0.2, 0.25) is 5.88 Å². The fraction of sp³-hybridized carbons (Fsp3) is 0.542. The van der Waals surface area contributed by atoms with E-state index in [2.05, 4.69) is 9.97 Å². The molecule has 1 aromatic carbocycles. The molecule has 0 unspecified atom stereocenters. The van der Waals surface area contributed by atoms with Crippen molar-refractivity contribution >= 4 is 27.5 Å². The molecular formula is C24H33FN4O7S. The number of anilines is 2. The van der Waals surface area contributed by atoms with Crippen LogP contribution in [0.15, 0.2) is 29.4 Å². The lowest BCUT2D eigenvalue weighted by molar-refractivity contribution is -0.151. The van der Waals surface area contributed by atoms with E-state index in [0.29, 0.717) is 43.2 Å². The first kappa shape index (κ1) is 28.5. The number of sulfone groups is 1. The number of hydrogen-bond acceptors (Lipinski definition) is 11. The van der Waals surface area contributed by atoms with Crippen LogP contribution in [0.5, 0.6) is 5.88 Å². The minimum atomic E-state index is -3.56. The van der Waals surface area contributed by atoms with Crippen LogP contribution in [0.25, 0.3) is 0 Å². The third-order valence-electron chi connectivity index (χ3n) is 5.64. The molecule has 0 bridgehead atoms. The molecule has 0 spiro atoms. The lowest BCUT2D eigenvalue weighted by atomic mass is 10.1. The number of halogens is 1. The van der Waals surface area contributed by atoms with Crippen molar-refractivity contribution in [3.05, 3.63) is 35.9 Å². The minimum absolute atomic E-state index is 0.114. The molecular weight excluding hydrogens is 507 g/mol. The normalized spacial score (nSPS) is 15.0. The van der Waals surface area contributed by atoms with Crippen LogP contribution < -0.4 is 9.64 Å². The van der Waals surface area contributed by atoms with E-state index < -0.39 is 21.8 Å². The SMILES string of the molecule is COCCN(c1ccc(S(C)(=O)=O)cc1F)c1ncnc(OC2CCN(OC(=O)OC(C)C)CC2)c1C. The Kier molecular flexibility index (Phi) is 9.62. The van der Waals surface area contributed by atoms with Gasteiger partial charge in [-0.05, 0) is 39.0 Å². The third kappa shape index (κ3) is 7.73. The summed E-state index contributed by atoms with van der Waals surface area (Å²) in [5, 5.41) is 1.54. The molecule has 0 amide bonds. The zero-order valence-electron chi connectivity index (χ0n) is 21.6. The summed E-state index contributed by atoms with van der Waals surface area (Å²) in [4.78, 5) is 27.0. The molecule has 0 radical (unpaired) electrons. The maximum absolute atomic E-state index is 15.1. The van der Waals surface area contributed by atoms with Gasteiger partial charge in [0.15, 0.2) is 9.84 Å². The average molecular weight is 541 g/mol. The molecule has 1 fully saturated rings. The second-order valence-corrected chi connectivity index (χ2v) is 10.9. The van der Waals surface area contributed by atoms with Crippen LogP contribution >= 0.6 is 0 Å². The predicted molar refractivity (Wildman–Crippen MR) is 133 cm³/mol. The summed E-state index contributed by atoms with van der Waals surface area (Å²) in [6.45, 7) is 6.72. The fourth-order valence-electron chi connectivity index (χ4n) is 3.79. The molecule has 13 heteroatoms. The maximum atomic E-state index is 15.1. The number of carbonyl (C=O) groups excluding carboxylic acids is 1. The van der Waals surface area contributed by atoms with Crippen molar-refractivity contribution < 1.29 is 36.7 Å². The third-order valence-corrected chi connectivity index (χ3v) is 6.75. The summed E-state index contributed by atoms with van der Waals surface area (Å²) in [5.41, 5.74) is 0.736. The number of rotatable bonds is 10. The summed E-state index contributed by atoms with van der Waals surface area (Å²) in [6, 6.07) is 3.75. The number of aromatic nitrogens is 2. The number of benzene rings is 1. The van der Waals surface area contributed by atoms with E-state index in [1.54, 1.807) is 25.7 Å². The molecule has 1 aromatic heterocycles. The first-order valence-electron chi connectivity index (χ1n) is 11.9. The van der Waals surface area contributed by atoms with Crippen molar-refractivity contribution in [2.45, 2.75) is 50.7 Å². The Balaban J connectivity index is 1.76. The lowest BCUT2D eigenvalue weighted by Crippen LogP contribution is -2.40. The highest BCUT2D eigenvalue weighted by Crippen LogP contribution is 2.33. The Morgan fingerprint density at radius 3 is 2.54 bits per heavy atom. The van der Waals surface area contributed by atoms with Crippen molar-refractivity contribution in [2.24, 2.45) is 0 Å². The largest absolute Gasteiger partial charge is 0.528 e. The van der Waals surface area contributed by atoms with E-state index in [-0.39, 0.29) is 35.9 Å². The molecule has 0 atom stereocenters. The van der Waals surface area contributed by atoms with Gasteiger partial charge in [0.1, 0.15) is 24.1 Å². The Labute approximate surface area is 216 Å². The van der Waals surface area contributed by atoms with Crippen LogP contribution in [-0.4, -0.2) is 81.4 Å². The van der Waals surface area contributed by atoms with Gasteiger partial charge in [0.05, 0.1) is 28.9 Å². The van der Waals surface area contributed by atoms with Gasteiger partial charge in [0, 0.05) is 45.8 Å². The van der Waals surface area contributed by atoms with Crippen LogP contribution in [-0.2, 0) is 24.1 Å². The van der Waals surface area contributed by atoms with Crippen LogP contribution in [0.1, 0.15) is 32.3 Å². The first-order valence-corrected chi connectivity index (χ1v) is 13.8. The first-order chi connectivity index (χ1) is 17.5. The summed E-state index contributed by atoms with van der Waals surface area (Å²) in [5.74, 6) is 0.0484. The molecule has 37 heavy (non-hydrogen) atoms. The van der Waals surface area contributed by atoms with E-state index in [0.717, 1.165) is 12.3 Å². The summed E-state index contributed by atoms with van der Waals surface area (Å²) < 4.78 is 55.1. The van der Waals surface area contributed by atoms with Gasteiger partial charge in [-0.15, -0.1) is 5.06 Å². The van der Waals surface area contributed by atoms with Gasteiger partial charge >= 0.3 is 6.16 Å². The highest BCUT2D eigenvalue weighted by Gasteiger charge is 2.26.